The molecule has 0 saturated carbocycles. The highest BCUT2D eigenvalue weighted by Crippen LogP contribution is 2.40. The third-order valence-electron chi connectivity index (χ3n) is 5.95. The van der Waals surface area contributed by atoms with Crippen molar-refractivity contribution in [2.24, 2.45) is 5.92 Å². The van der Waals surface area contributed by atoms with Crippen LogP contribution in [0.1, 0.15) is 23.6 Å². The maximum atomic E-state index is 11.0. The van der Waals surface area contributed by atoms with E-state index in [0.717, 1.165) is 16.7 Å². The van der Waals surface area contributed by atoms with Gasteiger partial charge in [0, 0.05) is 10.8 Å². The molecule has 1 N–H and O–H groups in total. The molecule has 172 valence electrons. The Kier molecular flexibility index (Phi) is 8.37. The van der Waals surface area contributed by atoms with E-state index in [-0.39, 0.29) is 12.5 Å². The van der Waals surface area contributed by atoms with Gasteiger partial charge in [0.05, 0.1) is 12.7 Å². The number of ether oxygens (including phenoxy) is 1. The van der Waals surface area contributed by atoms with E-state index in [1.54, 1.807) is 11.8 Å². The summed E-state index contributed by atoms with van der Waals surface area (Å²) in [6, 6.07) is 41.0. The van der Waals surface area contributed by atoms with Crippen molar-refractivity contribution in [3.05, 3.63) is 150 Å². The van der Waals surface area contributed by atoms with Crippen LogP contribution in [0.5, 0.6) is 0 Å². The van der Waals surface area contributed by atoms with Crippen LogP contribution in [0.3, 0.4) is 0 Å². The number of thioether (sulfide) groups is 1. The van der Waals surface area contributed by atoms with Gasteiger partial charge in [0.25, 0.3) is 0 Å². The Balaban J connectivity index is 1.60. The lowest BCUT2D eigenvalue weighted by atomic mass is 9.80. The van der Waals surface area contributed by atoms with Crippen molar-refractivity contribution in [2.75, 3.05) is 6.61 Å². The monoisotopic (exact) mass is 466 g/mol. The number of hydrogen-bond donors (Lipinski definition) is 1. The highest BCUT2D eigenvalue weighted by molar-refractivity contribution is 8.02. The third kappa shape index (κ3) is 5.68. The molecule has 0 aliphatic heterocycles. The van der Waals surface area contributed by atoms with Crippen molar-refractivity contribution in [3.63, 3.8) is 0 Å². The number of rotatable bonds is 10. The first-order valence-electron chi connectivity index (χ1n) is 11.6. The van der Waals surface area contributed by atoms with Crippen LogP contribution < -0.4 is 0 Å². The molecule has 0 amide bonds. The fourth-order valence-electron chi connectivity index (χ4n) is 4.00. The van der Waals surface area contributed by atoms with Gasteiger partial charge in [-0.2, -0.15) is 0 Å². The van der Waals surface area contributed by atoms with E-state index in [1.807, 2.05) is 91.2 Å². The van der Waals surface area contributed by atoms with Crippen LogP contribution in [0.2, 0.25) is 0 Å². The molecule has 0 unspecified atom stereocenters. The predicted molar refractivity (Wildman–Crippen MR) is 142 cm³/mol. The van der Waals surface area contributed by atoms with Crippen molar-refractivity contribution < 1.29 is 9.84 Å². The second-order valence-corrected chi connectivity index (χ2v) is 9.26. The quantitative estimate of drug-likeness (QED) is 0.196. The predicted octanol–water partition coefficient (Wildman–Crippen LogP) is 7.30. The summed E-state index contributed by atoms with van der Waals surface area (Å²) in [7, 11) is 0. The molecule has 34 heavy (non-hydrogen) atoms. The Labute approximate surface area is 206 Å². The molecule has 0 aromatic heterocycles. The minimum atomic E-state index is -0.826. The van der Waals surface area contributed by atoms with Crippen LogP contribution in [0, 0.1) is 5.92 Å². The molecule has 0 bridgehead atoms. The summed E-state index contributed by atoms with van der Waals surface area (Å²) in [5, 5.41) is 13.1. The molecular weight excluding hydrogens is 436 g/mol. The van der Waals surface area contributed by atoms with Crippen molar-refractivity contribution in [2.45, 2.75) is 23.5 Å². The van der Waals surface area contributed by atoms with Crippen molar-refractivity contribution in [1.82, 2.24) is 0 Å². The van der Waals surface area contributed by atoms with Gasteiger partial charge in [0.2, 0.25) is 0 Å². The molecule has 0 saturated heterocycles. The lowest BCUT2D eigenvalue weighted by molar-refractivity contribution is -0.0476. The minimum Gasteiger partial charge on any atom is -0.390 e. The zero-order chi connectivity index (χ0) is 23.6. The third-order valence-corrected chi connectivity index (χ3v) is 6.79. The summed E-state index contributed by atoms with van der Waals surface area (Å²) < 4.78 is 6.74. The highest BCUT2D eigenvalue weighted by atomic mass is 32.2. The molecule has 3 heteroatoms. The van der Waals surface area contributed by atoms with Crippen LogP contribution in [0.25, 0.3) is 0 Å². The zero-order valence-corrected chi connectivity index (χ0v) is 20.1. The Bertz CT molecular complexity index is 1050. The van der Waals surface area contributed by atoms with Gasteiger partial charge in [0.15, 0.2) is 0 Å². The van der Waals surface area contributed by atoms with Crippen LogP contribution in [-0.4, -0.2) is 17.8 Å². The number of hydrogen-bond acceptors (Lipinski definition) is 3. The number of benzene rings is 4. The minimum absolute atomic E-state index is 0.0590. The van der Waals surface area contributed by atoms with E-state index >= 15 is 0 Å². The Morgan fingerprint density at radius 1 is 0.706 bits per heavy atom. The molecule has 4 rings (SSSR count). The largest absolute Gasteiger partial charge is 0.390 e. The summed E-state index contributed by atoms with van der Waals surface area (Å²) in [6.45, 7) is 2.21. The molecule has 4 aromatic rings. The first-order chi connectivity index (χ1) is 16.7. The van der Waals surface area contributed by atoms with E-state index < -0.39 is 11.7 Å². The molecule has 0 fully saturated rings. The zero-order valence-electron chi connectivity index (χ0n) is 19.3. The Hall–Kier alpha value is -3.11. The normalized spacial score (nSPS) is 13.6. The van der Waals surface area contributed by atoms with Crippen LogP contribution in [-0.2, 0) is 10.3 Å². The molecule has 0 spiro atoms. The van der Waals surface area contributed by atoms with Crippen molar-refractivity contribution in [1.29, 1.82) is 0 Å². The average molecular weight is 467 g/mol. The van der Waals surface area contributed by atoms with Gasteiger partial charge >= 0.3 is 0 Å². The summed E-state index contributed by atoms with van der Waals surface area (Å²) in [5.74, 6) is -0.0590. The SMILES string of the molecule is C[C@H](/C=C\Sc1ccccc1)[C@@H](O)COC(c1ccccc1)(c1ccccc1)c1ccccc1. The van der Waals surface area contributed by atoms with Crippen molar-refractivity contribution >= 4 is 11.8 Å². The summed E-state index contributed by atoms with van der Waals surface area (Å²) in [6.07, 6.45) is 1.39. The second kappa shape index (κ2) is 11.8. The van der Waals surface area contributed by atoms with E-state index in [0.29, 0.717) is 0 Å². The van der Waals surface area contributed by atoms with Crippen molar-refractivity contribution in [3.8, 4) is 0 Å². The molecule has 4 aromatic carbocycles. The van der Waals surface area contributed by atoms with E-state index in [1.165, 1.54) is 4.90 Å². The summed E-state index contributed by atoms with van der Waals surface area (Å²) in [4.78, 5) is 1.17. The van der Waals surface area contributed by atoms with Crippen LogP contribution in [0.15, 0.2) is 138 Å². The van der Waals surface area contributed by atoms with E-state index in [2.05, 4.69) is 48.5 Å². The molecule has 0 heterocycles. The summed E-state index contributed by atoms with van der Waals surface area (Å²) >= 11 is 1.65. The second-order valence-electron chi connectivity index (χ2n) is 8.28. The average Bonchev–Trinajstić information content (AvgIpc) is 2.91. The molecular formula is C31H30O2S. The number of aliphatic hydroxyl groups is 1. The van der Waals surface area contributed by atoms with Gasteiger partial charge in [-0.1, -0.05) is 134 Å². The number of aliphatic hydroxyl groups excluding tert-OH is 1. The molecule has 0 radical (unpaired) electrons. The highest BCUT2D eigenvalue weighted by Gasteiger charge is 2.38. The van der Waals surface area contributed by atoms with Gasteiger partial charge in [-0.05, 0) is 34.2 Å². The lowest BCUT2D eigenvalue weighted by Crippen LogP contribution is -2.37. The van der Waals surface area contributed by atoms with Gasteiger partial charge in [-0.25, -0.2) is 0 Å². The van der Waals surface area contributed by atoms with Crippen LogP contribution in [0.4, 0.5) is 0 Å². The van der Waals surface area contributed by atoms with Gasteiger partial charge < -0.3 is 9.84 Å². The maximum Gasteiger partial charge on any atom is 0.143 e. The molecule has 0 aliphatic carbocycles. The first kappa shape index (κ1) is 24.0. The topological polar surface area (TPSA) is 29.5 Å². The van der Waals surface area contributed by atoms with Gasteiger partial charge in [-0.15, -0.1) is 0 Å². The lowest BCUT2D eigenvalue weighted by Gasteiger charge is -2.37. The fourth-order valence-corrected chi connectivity index (χ4v) is 4.80. The molecule has 0 aliphatic rings. The van der Waals surface area contributed by atoms with E-state index in [9.17, 15) is 5.11 Å². The Morgan fingerprint density at radius 2 is 1.12 bits per heavy atom. The Morgan fingerprint density at radius 3 is 1.56 bits per heavy atom. The standard InChI is InChI=1S/C31H30O2S/c1-25(22-23-34-29-20-12-5-13-21-29)30(32)24-33-31(26-14-6-2-7-15-26,27-16-8-3-9-17-27)28-18-10-4-11-19-28/h2-23,25,30,32H,24H2,1H3/b23-22-/t25-,30+/m1/s1. The fraction of sp³-hybridized carbons (Fsp3) is 0.161. The van der Waals surface area contributed by atoms with Crippen LogP contribution >= 0.6 is 11.8 Å². The first-order valence-corrected chi connectivity index (χ1v) is 12.4. The molecule has 2 atom stereocenters. The summed E-state index contributed by atoms with van der Waals surface area (Å²) in [5.41, 5.74) is 2.26. The van der Waals surface area contributed by atoms with Gasteiger partial charge in [0.1, 0.15) is 5.60 Å². The van der Waals surface area contributed by atoms with Gasteiger partial charge in [-0.3, -0.25) is 0 Å². The van der Waals surface area contributed by atoms with E-state index in [4.69, 9.17) is 4.74 Å². The smallest absolute Gasteiger partial charge is 0.143 e. The molecule has 2 nitrogen and oxygen atoms in total. The maximum absolute atomic E-state index is 11.0.